The zero-order valence-electron chi connectivity index (χ0n) is 52.8. The first-order chi connectivity index (χ1) is 38.6. The number of hydrogen-bond donors (Lipinski definition) is 1. The molecule has 0 aromatic heterocycles. The van der Waals surface area contributed by atoms with E-state index < -0.39 is 18.4 Å². The van der Waals surface area contributed by atoms with Gasteiger partial charge in [0.1, 0.15) is 13.2 Å². The number of likely N-dealkylation sites (N-methyl/N-ethyl adjacent to an activating group) is 1. The minimum atomic E-state index is -1.51. The predicted molar refractivity (Wildman–Crippen MR) is 337 cm³/mol. The summed E-state index contributed by atoms with van der Waals surface area (Å²) < 4.78 is 23.0. The number of esters is 2. The summed E-state index contributed by atoms with van der Waals surface area (Å²) >= 11 is 0. The van der Waals surface area contributed by atoms with Crippen molar-refractivity contribution in [1.82, 2.24) is 0 Å². The van der Waals surface area contributed by atoms with Crippen LogP contribution >= 0.6 is 0 Å². The highest BCUT2D eigenvalue weighted by atomic mass is 16.7. The van der Waals surface area contributed by atoms with Crippen molar-refractivity contribution in [3.05, 3.63) is 48.6 Å². The van der Waals surface area contributed by atoms with Crippen LogP contribution in [0.1, 0.15) is 322 Å². The molecule has 462 valence electrons. The summed E-state index contributed by atoms with van der Waals surface area (Å²) in [5.74, 6) is -1.99. The smallest absolute Gasteiger partial charge is 0.361 e. The third-order valence-corrected chi connectivity index (χ3v) is 15.1. The number of carboxylic acid groups (broad SMARTS) is 1. The molecule has 0 heterocycles. The molecule has 0 aromatic carbocycles. The number of unbranched alkanes of at least 4 members (excludes halogenated alkanes) is 40. The molecular formula is C70H130NO8+. The van der Waals surface area contributed by atoms with Gasteiger partial charge in [0.05, 0.1) is 34.4 Å². The fraction of sp³-hybridized carbons (Fsp3) is 0.843. The molecule has 0 saturated carbocycles. The Bertz CT molecular complexity index is 1430. The Hall–Kier alpha value is -2.75. The van der Waals surface area contributed by atoms with E-state index in [4.69, 9.17) is 18.9 Å². The first-order valence-electron chi connectivity index (χ1n) is 33.8. The van der Waals surface area contributed by atoms with Crippen molar-refractivity contribution in [2.75, 3.05) is 47.5 Å². The normalized spacial score (nSPS) is 13.0. The first-order valence-corrected chi connectivity index (χ1v) is 33.8. The lowest BCUT2D eigenvalue weighted by Crippen LogP contribution is -2.40. The summed E-state index contributed by atoms with van der Waals surface area (Å²) in [6.45, 7) is 4.91. The molecule has 2 atom stereocenters. The topological polar surface area (TPSA) is 108 Å². The van der Waals surface area contributed by atoms with Crippen LogP contribution in [0.4, 0.5) is 0 Å². The average Bonchev–Trinajstić information content (AvgIpc) is 3.42. The number of aliphatic carboxylic acids is 1. The van der Waals surface area contributed by atoms with Gasteiger partial charge in [0.2, 0.25) is 0 Å². The minimum Gasteiger partial charge on any atom is -0.477 e. The van der Waals surface area contributed by atoms with Crippen LogP contribution in [0.15, 0.2) is 48.6 Å². The van der Waals surface area contributed by atoms with Crippen LogP contribution in [0.25, 0.3) is 0 Å². The van der Waals surface area contributed by atoms with E-state index in [1.54, 1.807) is 0 Å². The maximum absolute atomic E-state index is 12.9. The SMILES string of the molecule is CCCCCCC/C=C\C/C=C\C/C=C\CCCCCCCCCCCCCCCCCCC(=O)OC(COC(=O)CCCCCCCCCCCCC/C=C\CCCCCCCCCC)COC(OCC[N+](C)(C)C)C(=O)O. The molecule has 9 heteroatoms. The molecule has 0 aliphatic heterocycles. The Kier molecular flexibility index (Phi) is 59.2. The molecule has 1 N–H and O–H groups in total. The molecular weight excluding hydrogens is 983 g/mol. The molecule has 0 saturated heterocycles. The average molecular weight is 1110 g/mol. The van der Waals surface area contributed by atoms with Gasteiger partial charge in [0, 0.05) is 12.8 Å². The first kappa shape index (κ1) is 76.2. The number of carboxylic acids is 1. The number of quaternary nitrogens is 1. The fourth-order valence-electron chi connectivity index (χ4n) is 9.84. The third-order valence-electron chi connectivity index (χ3n) is 15.1. The van der Waals surface area contributed by atoms with Crippen molar-refractivity contribution >= 4 is 17.9 Å². The Labute approximate surface area is 489 Å². The lowest BCUT2D eigenvalue weighted by molar-refractivity contribution is -0.870. The Morgan fingerprint density at radius 3 is 1.03 bits per heavy atom. The van der Waals surface area contributed by atoms with E-state index >= 15 is 0 Å². The van der Waals surface area contributed by atoms with Crippen LogP contribution in [0, 0.1) is 0 Å². The van der Waals surface area contributed by atoms with E-state index in [1.807, 2.05) is 21.1 Å². The van der Waals surface area contributed by atoms with Gasteiger partial charge in [-0.3, -0.25) is 9.59 Å². The highest BCUT2D eigenvalue weighted by Crippen LogP contribution is 2.18. The van der Waals surface area contributed by atoms with Gasteiger partial charge in [-0.05, 0) is 77.0 Å². The van der Waals surface area contributed by atoms with E-state index in [9.17, 15) is 19.5 Å². The second-order valence-corrected chi connectivity index (χ2v) is 24.1. The van der Waals surface area contributed by atoms with Crippen LogP contribution in [0.2, 0.25) is 0 Å². The van der Waals surface area contributed by atoms with E-state index in [-0.39, 0.29) is 38.2 Å². The third kappa shape index (κ3) is 62.7. The molecule has 9 nitrogen and oxygen atoms in total. The number of rotatable bonds is 63. The lowest BCUT2D eigenvalue weighted by Gasteiger charge is -2.25. The number of nitrogens with zero attached hydrogens (tertiary/aromatic N) is 1. The van der Waals surface area contributed by atoms with Crippen molar-refractivity contribution in [1.29, 1.82) is 0 Å². The molecule has 0 rings (SSSR count). The zero-order chi connectivity index (χ0) is 57.6. The van der Waals surface area contributed by atoms with E-state index in [2.05, 4.69) is 62.5 Å². The second-order valence-electron chi connectivity index (χ2n) is 24.1. The number of allylic oxidation sites excluding steroid dienone is 8. The second kappa shape index (κ2) is 61.3. The van der Waals surface area contributed by atoms with Gasteiger partial charge in [0.15, 0.2) is 6.10 Å². The molecule has 79 heavy (non-hydrogen) atoms. The monoisotopic (exact) mass is 1110 g/mol. The van der Waals surface area contributed by atoms with Gasteiger partial charge in [-0.15, -0.1) is 0 Å². The van der Waals surface area contributed by atoms with Gasteiger partial charge in [-0.25, -0.2) is 4.79 Å². The Morgan fingerprint density at radius 1 is 0.380 bits per heavy atom. The molecule has 0 aromatic rings. The Morgan fingerprint density at radius 2 is 0.684 bits per heavy atom. The maximum Gasteiger partial charge on any atom is 0.361 e. The summed E-state index contributed by atoms with van der Waals surface area (Å²) in [7, 11) is 5.98. The number of carbonyl (C=O) groups excluding carboxylic acids is 2. The highest BCUT2D eigenvalue weighted by Gasteiger charge is 2.25. The minimum absolute atomic E-state index is 0.180. The van der Waals surface area contributed by atoms with Gasteiger partial charge in [0.25, 0.3) is 6.29 Å². The van der Waals surface area contributed by atoms with E-state index in [1.165, 1.54) is 244 Å². The summed E-state index contributed by atoms with van der Waals surface area (Å²) in [5, 5.41) is 9.74. The number of ether oxygens (including phenoxy) is 4. The summed E-state index contributed by atoms with van der Waals surface area (Å²) in [5.41, 5.74) is 0. The van der Waals surface area contributed by atoms with Crippen molar-refractivity contribution in [3.8, 4) is 0 Å². The quantitative estimate of drug-likeness (QED) is 0.0211. The van der Waals surface area contributed by atoms with Gasteiger partial charge in [-0.1, -0.05) is 281 Å². The molecule has 0 fully saturated rings. The molecule has 0 aliphatic rings. The summed E-state index contributed by atoms with van der Waals surface area (Å²) in [6, 6.07) is 0. The van der Waals surface area contributed by atoms with Crippen molar-refractivity contribution in [3.63, 3.8) is 0 Å². The van der Waals surface area contributed by atoms with Gasteiger partial charge < -0.3 is 28.5 Å². The van der Waals surface area contributed by atoms with Gasteiger partial charge >= 0.3 is 17.9 Å². The maximum atomic E-state index is 12.9. The number of carbonyl (C=O) groups is 3. The summed E-state index contributed by atoms with van der Waals surface area (Å²) in [4.78, 5) is 37.6. The standard InChI is InChI=1S/C70H129NO8/c1-6-8-10-12-14-16-18-20-22-24-26-28-30-31-32-33-34-35-36-37-39-41-43-45-47-49-51-53-55-57-59-61-68(73)79-66(65-78-70(69(74)75)76-63-62-71(3,4)5)64-77-67(72)60-58-56-54-52-50-48-46-44-42-40-38-29-27-25-23-21-19-17-15-13-11-9-7-2/h18,20,24-27,30-31,66,70H,6-17,19,21-23,28-29,32-65H2,1-5H3/p+1/b20-18-,26-24-,27-25-,31-30-. The Balaban J connectivity index is 4.11. The molecule has 0 radical (unpaired) electrons. The van der Waals surface area contributed by atoms with Crippen LogP contribution in [0.3, 0.4) is 0 Å². The van der Waals surface area contributed by atoms with Gasteiger partial charge in [-0.2, -0.15) is 0 Å². The van der Waals surface area contributed by atoms with Crippen LogP contribution in [0.5, 0.6) is 0 Å². The lowest BCUT2D eigenvalue weighted by atomic mass is 10.0. The van der Waals surface area contributed by atoms with E-state index in [0.29, 0.717) is 17.4 Å². The molecule has 0 bridgehead atoms. The molecule has 2 unspecified atom stereocenters. The number of hydrogen-bond acceptors (Lipinski definition) is 7. The summed E-state index contributed by atoms with van der Waals surface area (Å²) in [6.07, 6.45) is 75.0. The highest BCUT2D eigenvalue weighted by molar-refractivity contribution is 5.71. The van der Waals surface area contributed by atoms with Crippen LogP contribution in [-0.4, -0.2) is 87.4 Å². The fourth-order valence-corrected chi connectivity index (χ4v) is 9.84. The van der Waals surface area contributed by atoms with Crippen LogP contribution in [-0.2, 0) is 33.3 Å². The molecule has 0 spiro atoms. The van der Waals surface area contributed by atoms with Crippen LogP contribution < -0.4 is 0 Å². The molecule has 0 aliphatic carbocycles. The zero-order valence-corrected chi connectivity index (χ0v) is 52.8. The van der Waals surface area contributed by atoms with Crippen molar-refractivity contribution in [2.24, 2.45) is 0 Å². The largest absolute Gasteiger partial charge is 0.477 e. The molecule has 0 amide bonds. The van der Waals surface area contributed by atoms with E-state index in [0.717, 1.165) is 51.4 Å². The van der Waals surface area contributed by atoms with Crippen molar-refractivity contribution < 1.29 is 42.9 Å². The van der Waals surface area contributed by atoms with Crippen molar-refractivity contribution in [2.45, 2.75) is 334 Å². The predicted octanol–water partition coefficient (Wildman–Crippen LogP) is 20.6.